The third-order valence-corrected chi connectivity index (χ3v) is 3.91. The molecule has 1 aromatic carbocycles. The molecule has 2 N–H and O–H groups in total. The van der Waals surface area contributed by atoms with E-state index in [0.29, 0.717) is 0 Å². The van der Waals surface area contributed by atoms with Crippen molar-refractivity contribution in [1.82, 2.24) is 4.90 Å². The summed E-state index contributed by atoms with van der Waals surface area (Å²) in [7, 11) is 0. The van der Waals surface area contributed by atoms with Crippen molar-refractivity contribution in [3.8, 4) is 0 Å². The molecule has 1 amide bonds. The molecule has 2 rings (SSSR count). The number of rotatable bonds is 2. The van der Waals surface area contributed by atoms with E-state index in [2.05, 4.69) is 17.0 Å². The highest BCUT2D eigenvalue weighted by Crippen LogP contribution is 2.21. The van der Waals surface area contributed by atoms with Crippen LogP contribution in [0.25, 0.3) is 0 Å². The fourth-order valence-electron chi connectivity index (χ4n) is 2.39. The molecule has 1 heterocycles. The van der Waals surface area contributed by atoms with Gasteiger partial charge in [0.1, 0.15) is 0 Å². The van der Waals surface area contributed by atoms with Crippen molar-refractivity contribution in [3.05, 3.63) is 30.3 Å². The molecule has 126 valence electrons. The van der Waals surface area contributed by atoms with Gasteiger partial charge in [-0.2, -0.15) is 0 Å². The van der Waals surface area contributed by atoms with Gasteiger partial charge in [-0.3, -0.25) is 4.79 Å². The van der Waals surface area contributed by atoms with Crippen LogP contribution >= 0.6 is 24.8 Å². The van der Waals surface area contributed by atoms with Gasteiger partial charge < -0.3 is 15.5 Å². The second-order valence-corrected chi connectivity index (χ2v) is 6.49. The molecule has 0 aromatic heterocycles. The first-order valence-electron chi connectivity index (χ1n) is 7.24. The number of anilines is 1. The Morgan fingerprint density at radius 3 is 2.00 bits per heavy atom. The molecule has 0 bridgehead atoms. The fourth-order valence-corrected chi connectivity index (χ4v) is 2.39. The van der Waals surface area contributed by atoms with E-state index in [9.17, 15) is 4.79 Å². The number of halogens is 2. The van der Waals surface area contributed by atoms with Crippen LogP contribution in [0.2, 0.25) is 0 Å². The van der Waals surface area contributed by atoms with Gasteiger partial charge in [0, 0.05) is 31.9 Å². The minimum absolute atomic E-state index is 0. The van der Waals surface area contributed by atoms with E-state index in [-0.39, 0.29) is 36.1 Å². The third kappa shape index (κ3) is 5.04. The van der Waals surface area contributed by atoms with Crippen LogP contribution in [0.15, 0.2) is 30.3 Å². The molecule has 6 heteroatoms. The standard InChI is InChI=1S/C16H25N3O.2ClH/c1-16(2,3)14(17)15(20)19-11-9-18(10-12-19)13-7-5-4-6-8-13;;/h4-8,14H,9-12,17H2,1-3H3;2*1H/t14-;;/m1../s1. The van der Waals surface area contributed by atoms with Crippen molar-refractivity contribution in [2.45, 2.75) is 26.8 Å². The summed E-state index contributed by atoms with van der Waals surface area (Å²) in [5.74, 6) is 0.0743. The normalized spacial score (nSPS) is 16.4. The molecular formula is C16H27Cl2N3O. The smallest absolute Gasteiger partial charge is 0.240 e. The van der Waals surface area contributed by atoms with Crippen LogP contribution in [0, 0.1) is 5.41 Å². The lowest BCUT2D eigenvalue weighted by Crippen LogP contribution is -2.56. The summed E-state index contributed by atoms with van der Waals surface area (Å²) < 4.78 is 0. The zero-order valence-electron chi connectivity index (χ0n) is 13.5. The Bertz CT molecular complexity index is 454. The Balaban J connectivity index is 0.00000220. The minimum atomic E-state index is -0.425. The number of para-hydroxylation sites is 1. The van der Waals surface area contributed by atoms with Crippen LogP contribution in [0.4, 0.5) is 5.69 Å². The SMILES string of the molecule is CC(C)(C)[C@H](N)C(=O)N1CCN(c2ccccc2)CC1.Cl.Cl. The summed E-state index contributed by atoms with van der Waals surface area (Å²) in [5, 5.41) is 0. The number of hydrogen-bond acceptors (Lipinski definition) is 3. The molecule has 1 fully saturated rings. The zero-order valence-corrected chi connectivity index (χ0v) is 15.1. The number of piperazine rings is 1. The van der Waals surface area contributed by atoms with E-state index in [1.165, 1.54) is 5.69 Å². The molecule has 22 heavy (non-hydrogen) atoms. The van der Waals surface area contributed by atoms with Crippen molar-refractivity contribution in [2.24, 2.45) is 11.1 Å². The van der Waals surface area contributed by atoms with Crippen LogP contribution in [0.1, 0.15) is 20.8 Å². The highest BCUT2D eigenvalue weighted by molar-refractivity contribution is 5.85. The van der Waals surface area contributed by atoms with Crippen molar-refractivity contribution in [3.63, 3.8) is 0 Å². The molecule has 0 radical (unpaired) electrons. The lowest BCUT2D eigenvalue weighted by Gasteiger charge is -2.39. The highest BCUT2D eigenvalue weighted by Gasteiger charge is 2.32. The molecule has 1 aliphatic heterocycles. The third-order valence-electron chi connectivity index (χ3n) is 3.91. The average Bonchev–Trinajstić information content (AvgIpc) is 2.46. The molecule has 0 unspecified atom stereocenters. The zero-order chi connectivity index (χ0) is 14.8. The number of benzene rings is 1. The van der Waals surface area contributed by atoms with Crippen LogP contribution < -0.4 is 10.6 Å². The Hall–Kier alpha value is -0.970. The number of carbonyl (C=O) groups is 1. The molecule has 0 saturated carbocycles. The van der Waals surface area contributed by atoms with Gasteiger partial charge in [-0.1, -0.05) is 39.0 Å². The monoisotopic (exact) mass is 347 g/mol. The molecule has 0 spiro atoms. The fraction of sp³-hybridized carbons (Fsp3) is 0.562. The highest BCUT2D eigenvalue weighted by atomic mass is 35.5. The second-order valence-electron chi connectivity index (χ2n) is 6.49. The molecule has 4 nitrogen and oxygen atoms in total. The maximum atomic E-state index is 12.4. The number of amides is 1. The van der Waals surface area contributed by atoms with E-state index < -0.39 is 6.04 Å². The lowest BCUT2D eigenvalue weighted by molar-refractivity contribution is -0.135. The Morgan fingerprint density at radius 1 is 1.05 bits per heavy atom. The summed E-state index contributed by atoms with van der Waals surface area (Å²) in [5.41, 5.74) is 7.10. The molecule has 1 saturated heterocycles. The molecule has 0 aliphatic carbocycles. The van der Waals surface area contributed by atoms with Crippen LogP contribution in [-0.4, -0.2) is 43.0 Å². The van der Waals surface area contributed by atoms with Crippen molar-refractivity contribution >= 4 is 36.4 Å². The number of carbonyl (C=O) groups excluding carboxylic acids is 1. The number of nitrogens with two attached hydrogens (primary N) is 1. The summed E-state index contributed by atoms with van der Waals surface area (Å²) in [6.45, 7) is 9.26. The molecular weight excluding hydrogens is 321 g/mol. The second kappa shape index (κ2) is 8.61. The van der Waals surface area contributed by atoms with Crippen LogP contribution in [0.5, 0.6) is 0 Å². The molecule has 1 aliphatic rings. The molecule has 1 aromatic rings. The van der Waals surface area contributed by atoms with Crippen molar-refractivity contribution in [1.29, 1.82) is 0 Å². The summed E-state index contributed by atoms with van der Waals surface area (Å²) in [6.07, 6.45) is 0. The Kier molecular flexibility index (Phi) is 8.23. The Labute approximate surface area is 145 Å². The van der Waals surface area contributed by atoms with Crippen molar-refractivity contribution < 1.29 is 4.79 Å². The summed E-state index contributed by atoms with van der Waals surface area (Å²) in [6, 6.07) is 9.90. The first-order chi connectivity index (χ1) is 9.39. The maximum Gasteiger partial charge on any atom is 0.240 e. The molecule has 1 atom stereocenters. The van der Waals surface area contributed by atoms with Gasteiger partial charge >= 0.3 is 0 Å². The topological polar surface area (TPSA) is 49.6 Å². The van der Waals surface area contributed by atoms with E-state index in [0.717, 1.165) is 26.2 Å². The van der Waals surface area contributed by atoms with E-state index >= 15 is 0 Å². The van der Waals surface area contributed by atoms with Crippen LogP contribution in [0.3, 0.4) is 0 Å². The van der Waals surface area contributed by atoms with Gasteiger partial charge in [-0.15, -0.1) is 24.8 Å². The van der Waals surface area contributed by atoms with E-state index in [1.54, 1.807) is 0 Å². The summed E-state index contributed by atoms with van der Waals surface area (Å²) in [4.78, 5) is 16.6. The predicted molar refractivity (Wildman–Crippen MR) is 97.2 cm³/mol. The first kappa shape index (κ1) is 21.0. The Morgan fingerprint density at radius 2 is 1.55 bits per heavy atom. The van der Waals surface area contributed by atoms with Gasteiger partial charge in [0.2, 0.25) is 5.91 Å². The first-order valence-corrected chi connectivity index (χ1v) is 7.24. The predicted octanol–water partition coefficient (Wildman–Crippen LogP) is 2.55. The van der Waals surface area contributed by atoms with Crippen LogP contribution in [-0.2, 0) is 4.79 Å². The van der Waals surface area contributed by atoms with Crippen molar-refractivity contribution in [2.75, 3.05) is 31.1 Å². The maximum absolute atomic E-state index is 12.4. The van der Waals surface area contributed by atoms with Gasteiger partial charge in [-0.05, 0) is 17.5 Å². The van der Waals surface area contributed by atoms with Gasteiger partial charge in [0.15, 0.2) is 0 Å². The summed E-state index contributed by atoms with van der Waals surface area (Å²) >= 11 is 0. The lowest BCUT2D eigenvalue weighted by atomic mass is 9.86. The minimum Gasteiger partial charge on any atom is -0.368 e. The number of hydrogen-bond donors (Lipinski definition) is 1. The number of nitrogens with zero attached hydrogens (tertiary/aromatic N) is 2. The quantitative estimate of drug-likeness (QED) is 0.894. The van der Waals surface area contributed by atoms with Gasteiger partial charge in [-0.25, -0.2) is 0 Å². The largest absolute Gasteiger partial charge is 0.368 e. The van der Waals surface area contributed by atoms with E-state index in [1.807, 2.05) is 43.9 Å². The van der Waals surface area contributed by atoms with Gasteiger partial charge in [0.25, 0.3) is 0 Å². The van der Waals surface area contributed by atoms with E-state index in [4.69, 9.17) is 5.73 Å². The van der Waals surface area contributed by atoms with Gasteiger partial charge in [0.05, 0.1) is 6.04 Å². The average molecular weight is 348 g/mol.